The van der Waals surface area contributed by atoms with Gasteiger partial charge in [-0.2, -0.15) is 9.97 Å². The summed E-state index contributed by atoms with van der Waals surface area (Å²) in [7, 11) is 5.74. The van der Waals surface area contributed by atoms with Crippen LogP contribution in [0.15, 0.2) is 66.7 Å². The van der Waals surface area contributed by atoms with Crippen LogP contribution in [0.25, 0.3) is 33.9 Å². The molecule has 0 saturated carbocycles. The van der Waals surface area contributed by atoms with Crippen LogP contribution in [0, 0.1) is 0 Å². The SMILES string of the molecule is COc1ccc(-c2cc(-c3cccc([N+](C)(C(=O)[O-])N(C)C(=O)O)n3)nc(-c3cccc([N+](C)(C(=O)[O-])N(C)C(=O)O)n3)c2)cc1N.[H-].[H-].[H-].[H-].[Na+].[Na+].[Na+].[Na+]. The van der Waals surface area contributed by atoms with E-state index in [-0.39, 0.29) is 158 Å². The first-order valence-corrected chi connectivity index (χ1v) is 13.6. The molecule has 4 amide bonds. The number of nitrogens with zero attached hydrogens (tertiary/aromatic N) is 7. The van der Waals surface area contributed by atoms with Gasteiger partial charge in [0.05, 0.1) is 49.7 Å². The molecule has 0 bridgehead atoms. The van der Waals surface area contributed by atoms with E-state index in [9.17, 15) is 39.6 Å². The number of nitrogens with two attached hydrogens (primary N) is 1. The third-order valence-electron chi connectivity index (χ3n) is 7.74. The minimum Gasteiger partial charge on any atom is -1.00 e. The molecule has 51 heavy (non-hydrogen) atoms. The van der Waals surface area contributed by atoms with Crippen molar-refractivity contribution >= 4 is 41.7 Å². The second-order valence-electron chi connectivity index (χ2n) is 10.4. The first-order chi connectivity index (χ1) is 22.0. The molecule has 4 aromatic rings. The van der Waals surface area contributed by atoms with E-state index in [4.69, 9.17) is 10.5 Å². The van der Waals surface area contributed by atoms with Gasteiger partial charge in [0.25, 0.3) is 23.8 Å². The van der Waals surface area contributed by atoms with Crippen LogP contribution in [0.2, 0.25) is 0 Å². The Balaban J connectivity index is -0.00000104. The van der Waals surface area contributed by atoms with Gasteiger partial charge in [0.15, 0.2) is 0 Å². The van der Waals surface area contributed by atoms with Gasteiger partial charge in [0.1, 0.15) is 19.8 Å². The molecule has 0 radical (unpaired) electrons. The van der Waals surface area contributed by atoms with Crippen LogP contribution >= 0.6 is 0 Å². The summed E-state index contributed by atoms with van der Waals surface area (Å²) in [4.78, 5) is 61.5. The molecule has 0 aliphatic rings. The van der Waals surface area contributed by atoms with Crippen molar-refractivity contribution in [2.75, 3.05) is 41.0 Å². The number of ether oxygens (including phenoxy) is 1. The zero-order valence-electron chi connectivity index (χ0n) is 33.8. The Kier molecular flexibility index (Phi) is 18.8. The van der Waals surface area contributed by atoms with Crippen LogP contribution in [-0.4, -0.2) is 94.9 Å². The molecule has 21 heteroatoms. The largest absolute Gasteiger partial charge is 1.00 e. The van der Waals surface area contributed by atoms with Crippen LogP contribution in [0.3, 0.4) is 0 Å². The number of anilines is 1. The fourth-order valence-electron chi connectivity index (χ4n) is 4.57. The maximum absolute atomic E-state index is 12.2. The number of aromatic nitrogens is 3. The molecular formula is C30H34N8Na4O9. The van der Waals surface area contributed by atoms with Gasteiger partial charge in [-0.15, -0.1) is 19.2 Å². The smallest absolute Gasteiger partial charge is 1.00 e. The summed E-state index contributed by atoms with van der Waals surface area (Å²) < 4.78 is 2.58. The molecule has 0 saturated heterocycles. The fourth-order valence-corrected chi connectivity index (χ4v) is 4.57. The van der Waals surface area contributed by atoms with E-state index < -0.39 is 33.6 Å². The third kappa shape index (κ3) is 9.81. The quantitative estimate of drug-likeness (QED) is 0.0722. The normalized spacial score (nSPS) is 12.4. The van der Waals surface area contributed by atoms with Gasteiger partial charge in [-0.3, -0.25) is 0 Å². The van der Waals surface area contributed by atoms with E-state index in [2.05, 4.69) is 15.0 Å². The van der Waals surface area contributed by atoms with Gasteiger partial charge in [0, 0.05) is 12.1 Å². The molecule has 0 fully saturated rings. The number of hydrogen-bond acceptors (Lipinski definition) is 11. The Morgan fingerprint density at radius 1 is 0.686 bits per heavy atom. The second-order valence-corrected chi connectivity index (χ2v) is 10.4. The summed E-state index contributed by atoms with van der Waals surface area (Å²) >= 11 is 0. The Morgan fingerprint density at radius 3 is 1.43 bits per heavy atom. The average Bonchev–Trinajstić information content (AvgIpc) is 3.06. The molecule has 2 unspecified atom stereocenters. The van der Waals surface area contributed by atoms with E-state index >= 15 is 0 Å². The van der Waals surface area contributed by atoms with E-state index in [0.717, 1.165) is 28.2 Å². The molecule has 2 atom stereocenters. The minimum absolute atomic E-state index is 0. The predicted octanol–water partition coefficient (Wildman–Crippen LogP) is -9.46. The van der Waals surface area contributed by atoms with E-state index in [1.807, 2.05) is 0 Å². The van der Waals surface area contributed by atoms with Gasteiger partial charge in [-0.25, -0.2) is 14.6 Å². The molecule has 0 aliphatic carbocycles. The summed E-state index contributed by atoms with van der Waals surface area (Å²) in [6.45, 7) is 0. The standard InChI is InChI=1S/C30H30N8O9.4Na.4H/c1-35(27(39)40)37(3,29(43)44)25-10-6-8-20(33-25)22-15-18(17-12-13-24(47-5)19(31)14-17)16-23(32-22)21-9-7-11-26(34-21)38(4,30(45)46)36(2)28(41)42;;;;;;;;/h6-16H,31H2,1-5H3,(H2-2,39,40,41,42,43,44,45,46);;;;;;;;/q;4*+1;4*-1. The fraction of sp³-hybridized carbons (Fsp3) is 0.167. The van der Waals surface area contributed by atoms with Crippen LogP contribution < -0.4 is 148 Å². The first kappa shape index (κ1) is 48.7. The van der Waals surface area contributed by atoms with Gasteiger partial charge in [-0.1, -0.05) is 18.2 Å². The van der Waals surface area contributed by atoms with Crippen molar-refractivity contribution in [2.45, 2.75) is 0 Å². The summed E-state index contributed by atoms with van der Waals surface area (Å²) in [5.74, 6) is -0.00171. The maximum atomic E-state index is 12.2. The molecule has 252 valence electrons. The van der Waals surface area contributed by atoms with Crippen LogP contribution in [-0.2, 0) is 0 Å². The van der Waals surface area contributed by atoms with Gasteiger partial charge >= 0.3 is 130 Å². The number of quaternary nitrogens is 2. The van der Waals surface area contributed by atoms with Crippen molar-refractivity contribution in [3.63, 3.8) is 0 Å². The Morgan fingerprint density at radius 2 is 1.10 bits per heavy atom. The summed E-state index contributed by atoms with van der Waals surface area (Å²) in [5, 5.41) is 44.5. The molecule has 0 spiro atoms. The third-order valence-corrected chi connectivity index (χ3v) is 7.74. The number of benzene rings is 1. The molecule has 4 N–H and O–H groups in total. The number of methoxy groups -OCH3 is 1. The molecule has 4 rings (SSSR count). The number of hydrogen-bond donors (Lipinski definition) is 3. The van der Waals surface area contributed by atoms with Crippen LogP contribution in [0.5, 0.6) is 5.75 Å². The van der Waals surface area contributed by atoms with Gasteiger partial charge in [0.2, 0.25) is 0 Å². The number of amides is 4. The average molecular weight is 743 g/mol. The number of carbonyl (C=O) groups excluding carboxylic acids is 2. The number of carboxylic acid groups (broad SMARTS) is 4. The first-order valence-electron chi connectivity index (χ1n) is 13.6. The van der Waals surface area contributed by atoms with Crippen molar-refractivity contribution in [2.24, 2.45) is 0 Å². The summed E-state index contributed by atoms with van der Waals surface area (Å²) in [5.41, 5.74) is 8.25. The predicted molar refractivity (Wildman–Crippen MR) is 169 cm³/mol. The number of nitrogen functional groups attached to an aromatic ring is 1. The maximum Gasteiger partial charge on any atom is 1.00 e. The number of carbonyl (C=O) groups is 4. The van der Waals surface area contributed by atoms with E-state index in [1.165, 1.54) is 43.5 Å². The molecule has 1 aromatic carbocycles. The number of rotatable bonds is 6. The summed E-state index contributed by atoms with van der Waals surface area (Å²) in [6.07, 6.45) is -6.64. The molecule has 3 aromatic heterocycles. The van der Waals surface area contributed by atoms with E-state index in [1.54, 1.807) is 30.3 Å². The zero-order chi connectivity index (χ0) is 34.8. The molecular weight excluding hydrogens is 708 g/mol. The Hall–Kier alpha value is -2.33. The number of pyridine rings is 3. The monoisotopic (exact) mass is 742 g/mol. The van der Waals surface area contributed by atoms with Crippen molar-refractivity contribution in [1.82, 2.24) is 34.2 Å². The minimum atomic E-state index is -1.77. The van der Waals surface area contributed by atoms with Crippen LogP contribution in [0.4, 0.5) is 36.5 Å². The molecule has 3 heterocycles. The van der Waals surface area contributed by atoms with Crippen molar-refractivity contribution < 1.29 is 168 Å². The van der Waals surface area contributed by atoms with Crippen molar-refractivity contribution in [1.29, 1.82) is 0 Å². The Bertz CT molecular complexity index is 1840. The Labute approximate surface area is 387 Å². The summed E-state index contributed by atoms with van der Waals surface area (Å²) in [6, 6.07) is 16.9. The zero-order valence-corrected chi connectivity index (χ0v) is 37.8. The molecule has 17 nitrogen and oxygen atoms in total. The van der Waals surface area contributed by atoms with Crippen molar-refractivity contribution in [3.8, 4) is 39.7 Å². The van der Waals surface area contributed by atoms with E-state index in [0.29, 0.717) is 32.6 Å². The topological polar surface area (TPSA) is 235 Å². The molecule has 0 aliphatic heterocycles. The van der Waals surface area contributed by atoms with Crippen molar-refractivity contribution in [3.05, 3.63) is 66.7 Å². The van der Waals surface area contributed by atoms with Gasteiger partial charge < -0.3 is 46.2 Å². The van der Waals surface area contributed by atoms with Gasteiger partial charge in [-0.05, 0) is 47.5 Å². The van der Waals surface area contributed by atoms with Crippen LogP contribution in [0.1, 0.15) is 5.71 Å². The second kappa shape index (κ2) is 19.7.